The van der Waals surface area contributed by atoms with Crippen molar-refractivity contribution in [2.75, 3.05) is 0 Å². The molecule has 5 heteroatoms. The Labute approximate surface area is 102 Å². The van der Waals surface area contributed by atoms with E-state index >= 15 is 0 Å². The van der Waals surface area contributed by atoms with Crippen molar-refractivity contribution < 1.29 is 4.42 Å². The first-order valence-corrected chi connectivity index (χ1v) is 5.64. The molecule has 0 spiro atoms. The third-order valence-corrected chi connectivity index (χ3v) is 2.69. The van der Waals surface area contributed by atoms with Crippen molar-refractivity contribution in [3.8, 4) is 11.5 Å². The quantitative estimate of drug-likeness (QED) is 0.651. The number of fused-ring (bicyclic) bond motifs is 1. The van der Waals surface area contributed by atoms with Gasteiger partial charge in [0.2, 0.25) is 11.8 Å². The van der Waals surface area contributed by atoms with Gasteiger partial charge in [0.25, 0.3) is 0 Å². The maximum absolute atomic E-state index is 5.64. The number of hydrogen-bond acceptors (Lipinski definition) is 4. The minimum atomic E-state index is 0.218. The standard InChI is InChI=1S/C12H8ClN3O/c13-7-11-15-16-12(17-11)9-3-1-5-10-8(9)4-2-6-14-10/h1-6H,7H2. The second-order valence-electron chi connectivity index (χ2n) is 3.51. The van der Waals surface area contributed by atoms with Gasteiger partial charge in [0.15, 0.2) is 0 Å². The van der Waals surface area contributed by atoms with Gasteiger partial charge in [-0.05, 0) is 18.2 Å². The molecule has 2 aromatic heterocycles. The summed E-state index contributed by atoms with van der Waals surface area (Å²) in [4.78, 5) is 4.28. The summed E-state index contributed by atoms with van der Waals surface area (Å²) in [5.41, 5.74) is 1.77. The lowest BCUT2D eigenvalue weighted by atomic mass is 10.1. The highest BCUT2D eigenvalue weighted by Crippen LogP contribution is 2.26. The first-order chi connectivity index (χ1) is 8.38. The molecule has 17 heavy (non-hydrogen) atoms. The molecule has 4 nitrogen and oxygen atoms in total. The molecule has 0 aliphatic carbocycles. The Morgan fingerprint density at radius 2 is 2.06 bits per heavy atom. The number of rotatable bonds is 2. The van der Waals surface area contributed by atoms with Crippen LogP contribution in [0.1, 0.15) is 5.89 Å². The van der Waals surface area contributed by atoms with E-state index in [1.54, 1.807) is 6.20 Å². The molecule has 0 atom stereocenters. The second-order valence-corrected chi connectivity index (χ2v) is 3.78. The summed E-state index contributed by atoms with van der Waals surface area (Å²) in [6.07, 6.45) is 1.75. The summed E-state index contributed by atoms with van der Waals surface area (Å²) >= 11 is 5.64. The molecule has 84 valence electrons. The van der Waals surface area contributed by atoms with E-state index in [0.29, 0.717) is 11.8 Å². The fourth-order valence-corrected chi connectivity index (χ4v) is 1.81. The second kappa shape index (κ2) is 4.14. The van der Waals surface area contributed by atoms with E-state index in [0.717, 1.165) is 16.5 Å². The minimum Gasteiger partial charge on any atom is -0.419 e. The molecular formula is C12H8ClN3O. The Balaban J connectivity index is 2.23. The van der Waals surface area contributed by atoms with Gasteiger partial charge in [0.05, 0.1) is 5.52 Å². The maximum atomic E-state index is 5.64. The van der Waals surface area contributed by atoms with Crippen molar-refractivity contribution in [1.29, 1.82) is 0 Å². The fourth-order valence-electron chi connectivity index (χ4n) is 1.71. The first-order valence-electron chi connectivity index (χ1n) is 5.11. The van der Waals surface area contributed by atoms with Gasteiger partial charge >= 0.3 is 0 Å². The number of alkyl halides is 1. The molecule has 0 saturated heterocycles. The predicted octanol–water partition coefficient (Wildman–Crippen LogP) is 3.02. The molecule has 0 radical (unpaired) electrons. The monoisotopic (exact) mass is 245 g/mol. The van der Waals surface area contributed by atoms with Gasteiger partial charge < -0.3 is 4.42 Å². The minimum absolute atomic E-state index is 0.218. The molecule has 0 fully saturated rings. The van der Waals surface area contributed by atoms with Gasteiger partial charge in [-0.1, -0.05) is 12.1 Å². The van der Waals surface area contributed by atoms with Crippen molar-refractivity contribution in [3.63, 3.8) is 0 Å². The summed E-state index contributed by atoms with van der Waals surface area (Å²) in [5.74, 6) is 1.11. The smallest absolute Gasteiger partial charge is 0.248 e. The molecule has 0 N–H and O–H groups in total. The van der Waals surface area contributed by atoms with Crippen molar-refractivity contribution >= 4 is 22.5 Å². The van der Waals surface area contributed by atoms with Crippen molar-refractivity contribution in [2.45, 2.75) is 5.88 Å². The van der Waals surface area contributed by atoms with Crippen LogP contribution in [0.15, 0.2) is 40.9 Å². The SMILES string of the molecule is ClCc1nnc(-c2cccc3ncccc23)o1. The van der Waals surface area contributed by atoms with Crippen molar-refractivity contribution in [3.05, 3.63) is 42.4 Å². The van der Waals surface area contributed by atoms with Crippen LogP contribution in [0, 0.1) is 0 Å². The molecule has 0 aliphatic rings. The molecule has 0 saturated carbocycles. The molecule has 1 aromatic carbocycles. The van der Waals surface area contributed by atoms with Gasteiger partial charge in [0.1, 0.15) is 5.88 Å². The van der Waals surface area contributed by atoms with Crippen LogP contribution in [0.3, 0.4) is 0 Å². The van der Waals surface area contributed by atoms with Crippen LogP contribution in [0.25, 0.3) is 22.4 Å². The van der Waals surface area contributed by atoms with Gasteiger partial charge in [-0.2, -0.15) is 0 Å². The molecule has 2 heterocycles. The largest absolute Gasteiger partial charge is 0.419 e. The molecule has 0 aliphatic heterocycles. The summed E-state index contributed by atoms with van der Waals surface area (Å²) in [6, 6.07) is 9.63. The summed E-state index contributed by atoms with van der Waals surface area (Å²) in [6.45, 7) is 0. The van der Waals surface area contributed by atoms with Crippen LogP contribution in [0.2, 0.25) is 0 Å². The zero-order valence-electron chi connectivity index (χ0n) is 8.80. The zero-order valence-corrected chi connectivity index (χ0v) is 9.55. The third kappa shape index (κ3) is 1.76. The number of aromatic nitrogens is 3. The Bertz CT molecular complexity index is 660. The van der Waals surface area contributed by atoms with Crippen LogP contribution in [0.4, 0.5) is 0 Å². The number of nitrogens with zero attached hydrogens (tertiary/aromatic N) is 3. The Hall–Kier alpha value is -1.94. The zero-order chi connectivity index (χ0) is 11.7. The van der Waals surface area contributed by atoms with Gasteiger partial charge in [-0.15, -0.1) is 21.8 Å². The lowest BCUT2D eigenvalue weighted by Gasteiger charge is -2.00. The maximum Gasteiger partial charge on any atom is 0.248 e. The van der Waals surface area contributed by atoms with E-state index < -0.39 is 0 Å². The Morgan fingerprint density at radius 3 is 2.88 bits per heavy atom. The fraction of sp³-hybridized carbons (Fsp3) is 0.0833. The van der Waals surface area contributed by atoms with E-state index in [1.807, 2.05) is 30.3 Å². The lowest BCUT2D eigenvalue weighted by molar-refractivity contribution is 0.528. The van der Waals surface area contributed by atoms with Gasteiger partial charge in [-0.25, -0.2) is 0 Å². The summed E-state index contributed by atoms with van der Waals surface area (Å²) in [7, 11) is 0. The van der Waals surface area contributed by atoms with Crippen LogP contribution in [-0.4, -0.2) is 15.2 Å². The van der Waals surface area contributed by atoms with E-state index in [4.69, 9.17) is 16.0 Å². The summed E-state index contributed by atoms with van der Waals surface area (Å²) < 4.78 is 5.45. The predicted molar refractivity (Wildman–Crippen MR) is 64.6 cm³/mol. The third-order valence-electron chi connectivity index (χ3n) is 2.46. The normalized spacial score (nSPS) is 10.9. The first kappa shape index (κ1) is 10.2. The molecular weight excluding hydrogens is 238 g/mol. The molecule has 3 aromatic rings. The highest BCUT2D eigenvalue weighted by Gasteiger charge is 2.10. The van der Waals surface area contributed by atoms with Gasteiger partial charge in [-0.3, -0.25) is 4.98 Å². The summed E-state index contributed by atoms with van der Waals surface area (Å²) in [5, 5.41) is 8.81. The van der Waals surface area contributed by atoms with E-state index in [2.05, 4.69) is 15.2 Å². The number of halogens is 1. The van der Waals surface area contributed by atoms with Gasteiger partial charge in [0, 0.05) is 17.1 Å². The average Bonchev–Trinajstić information content (AvgIpc) is 2.87. The number of hydrogen-bond donors (Lipinski definition) is 0. The van der Waals surface area contributed by atoms with Crippen LogP contribution in [-0.2, 0) is 5.88 Å². The van der Waals surface area contributed by atoms with E-state index in [9.17, 15) is 0 Å². The highest BCUT2D eigenvalue weighted by atomic mass is 35.5. The average molecular weight is 246 g/mol. The van der Waals surface area contributed by atoms with Crippen LogP contribution >= 0.6 is 11.6 Å². The van der Waals surface area contributed by atoms with Crippen LogP contribution in [0.5, 0.6) is 0 Å². The molecule has 0 amide bonds. The van der Waals surface area contributed by atoms with E-state index in [1.165, 1.54) is 0 Å². The van der Waals surface area contributed by atoms with E-state index in [-0.39, 0.29) is 5.88 Å². The Kier molecular flexibility index (Phi) is 2.49. The number of pyridine rings is 1. The lowest BCUT2D eigenvalue weighted by Crippen LogP contribution is -1.83. The van der Waals surface area contributed by atoms with Crippen LogP contribution < -0.4 is 0 Å². The highest BCUT2D eigenvalue weighted by molar-refractivity contribution is 6.16. The Morgan fingerprint density at radius 1 is 1.12 bits per heavy atom. The van der Waals surface area contributed by atoms with Crippen molar-refractivity contribution in [1.82, 2.24) is 15.2 Å². The topological polar surface area (TPSA) is 51.8 Å². The molecule has 3 rings (SSSR count). The number of benzene rings is 1. The van der Waals surface area contributed by atoms with Crippen molar-refractivity contribution in [2.24, 2.45) is 0 Å². The molecule has 0 unspecified atom stereocenters. The molecule has 0 bridgehead atoms.